The largest absolute Gasteiger partial charge is 0.876 e. The molecule has 1 aliphatic rings. The van der Waals surface area contributed by atoms with Gasteiger partial charge < -0.3 is 5.11 Å². The highest BCUT2D eigenvalue weighted by Gasteiger charge is 2.34. The van der Waals surface area contributed by atoms with Crippen molar-refractivity contribution in [2.45, 2.75) is 59.0 Å². The molecule has 20 heavy (non-hydrogen) atoms. The van der Waals surface area contributed by atoms with Gasteiger partial charge in [0.05, 0.1) is 12.4 Å². The van der Waals surface area contributed by atoms with Gasteiger partial charge in [0.15, 0.2) is 0 Å². The number of allylic oxidation sites excluding steroid dienone is 2. The van der Waals surface area contributed by atoms with Gasteiger partial charge in [-0.15, -0.1) is 5.76 Å². The van der Waals surface area contributed by atoms with Crippen molar-refractivity contribution in [3.63, 3.8) is 0 Å². The molecule has 0 saturated heterocycles. The third-order valence-electron chi connectivity index (χ3n) is 4.19. The number of hydrogen-bond acceptors (Lipinski definition) is 4. The maximum absolute atomic E-state index is 11.4. The SMILES string of the molecule is C/C([O-])=C/CCC(C)C1CC[C@@H](C)C[C@@H]1OS(C)(=O)=O. The summed E-state index contributed by atoms with van der Waals surface area (Å²) in [6.07, 6.45) is 7.21. The van der Waals surface area contributed by atoms with Crippen molar-refractivity contribution in [3.8, 4) is 0 Å². The molecule has 2 unspecified atom stereocenters. The summed E-state index contributed by atoms with van der Waals surface area (Å²) in [5.74, 6) is 1.23. The van der Waals surface area contributed by atoms with Crippen LogP contribution in [0.3, 0.4) is 0 Å². The third-order valence-corrected chi connectivity index (χ3v) is 4.78. The highest BCUT2D eigenvalue weighted by molar-refractivity contribution is 7.86. The van der Waals surface area contributed by atoms with E-state index in [-0.39, 0.29) is 17.8 Å². The first-order valence-electron chi connectivity index (χ1n) is 7.41. The zero-order chi connectivity index (χ0) is 15.3. The second-order valence-corrected chi connectivity index (χ2v) is 7.89. The molecule has 1 fully saturated rings. The second kappa shape index (κ2) is 7.46. The Kier molecular flexibility index (Phi) is 6.52. The Balaban J connectivity index is 2.65. The summed E-state index contributed by atoms with van der Waals surface area (Å²) in [6, 6.07) is 0. The van der Waals surface area contributed by atoms with Gasteiger partial charge in [0.1, 0.15) is 0 Å². The van der Waals surface area contributed by atoms with Crippen LogP contribution < -0.4 is 5.11 Å². The Morgan fingerprint density at radius 1 is 1.45 bits per heavy atom. The lowest BCUT2D eigenvalue weighted by Gasteiger charge is -2.37. The molecule has 0 aromatic rings. The first-order chi connectivity index (χ1) is 9.19. The molecule has 1 aliphatic carbocycles. The van der Waals surface area contributed by atoms with Crippen LogP contribution in [-0.2, 0) is 14.3 Å². The van der Waals surface area contributed by atoms with Crippen molar-refractivity contribution >= 4 is 10.1 Å². The lowest BCUT2D eigenvalue weighted by Crippen LogP contribution is -2.36. The van der Waals surface area contributed by atoms with Gasteiger partial charge in [-0.1, -0.05) is 33.3 Å². The summed E-state index contributed by atoms with van der Waals surface area (Å²) < 4.78 is 28.1. The molecule has 0 heterocycles. The van der Waals surface area contributed by atoms with Gasteiger partial charge >= 0.3 is 0 Å². The first-order valence-corrected chi connectivity index (χ1v) is 9.22. The summed E-state index contributed by atoms with van der Waals surface area (Å²) in [5.41, 5.74) is 0. The summed E-state index contributed by atoms with van der Waals surface area (Å²) >= 11 is 0. The van der Waals surface area contributed by atoms with E-state index in [2.05, 4.69) is 13.8 Å². The van der Waals surface area contributed by atoms with Gasteiger partial charge in [0.25, 0.3) is 10.1 Å². The minimum absolute atomic E-state index is 0.0957. The standard InChI is InChI=1S/C15H28O4S/c1-11-8-9-14(12(2)6-5-7-13(3)16)15(10-11)19-20(4,17)18/h7,11-12,14-16H,5-6,8-10H2,1-4H3/p-1/b13-7-/t11-,12?,14?,15+/m1/s1. The van der Waals surface area contributed by atoms with Gasteiger partial charge in [0, 0.05) is 0 Å². The fourth-order valence-electron chi connectivity index (χ4n) is 3.10. The maximum atomic E-state index is 11.4. The molecule has 4 atom stereocenters. The molecule has 0 aromatic carbocycles. The predicted octanol–water partition coefficient (Wildman–Crippen LogP) is 2.45. The molecule has 0 aromatic heterocycles. The molecule has 0 N–H and O–H groups in total. The van der Waals surface area contributed by atoms with Gasteiger partial charge in [-0.25, -0.2) is 0 Å². The molecule has 5 heteroatoms. The molecule has 118 valence electrons. The lowest BCUT2D eigenvalue weighted by atomic mass is 9.74. The summed E-state index contributed by atoms with van der Waals surface area (Å²) in [5, 5.41) is 10.9. The topological polar surface area (TPSA) is 66.4 Å². The van der Waals surface area contributed by atoms with Crippen LogP contribution in [0.4, 0.5) is 0 Å². The molecule has 0 bridgehead atoms. The van der Waals surface area contributed by atoms with Crippen molar-refractivity contribution in [1.29, 1.82) is 0 Å². The number of rotatable bonds is 6. The minimum Gasteiger partial charge on any atom is -0.876 e. The monoisotopic (exact) mass is 303 g/mol. The Hall–Kier alpha value is -0.550. The molecule has 0 spiro atoms. The van der Waals surface area contributed by atoms with Crippen molar-refractivity contribution in [2.24, 2.45) is 17.8 Å². The van der Waals surface area contributed by atoms with Crippen molar-refractivity contribution in [3.05, 3.63) is 11.8 Å². The molecular weight excluding hydrogens is 276 g/mol. The molecular formula is C15H27O4S-. The van der Waals surface area contributed by atoms with Crippen LogP contribution in [0, 0.1) is 17.8 Å². The van der Waals surface area contributed by atoms with Gasteiger partial charge in [-0.3, -0.25) is 4.18 Å². The van der Waals surface area contributed by atoms with E-state index < -0.39 is 10.1 Å². The van der Waals surface area contributed by atoms with Crippen LogP contribution in [0.5, 0.6) is 0 Å². The molecule has 0 aliphatic heterocycles. The van der Waals surface area contributed by atoms with Crippen molar-refractivity contribution in [2.75, 3.05) is 6.26 Å². The highest BCUT2D eigenvalue weighted by Crippen LogP contribution is 2.37. The maximum Gasteiger partial charge on any atom is 0.264 e. The van der Waals surface area contributed by atoms with Crippen LogP contribution in [0.1, 0.15) is 52.9 Å². The van der Waals surface area contributed by atoms with E-state index in [1.807, 2.05) is 0 Å². The third kappa shape index (κ3) is 6.27. The molecule has 1 rings (SSSR count). The van der Waals surface area contributed by atoms with Crippen LogP contribution in [-0.4, -0.2) is 20.8 Å². The Bertz CT molecular complexity index is 423. The van der Waals surface area contributed by atoms with E-state index in [0.717, 1.165) is 38.4 Å². The summed E-state index contributed by atoms with van der Waals surface area (Å²) in [7, 11) is -3.41. The zero-order valence-electron chi connectivity index (χ0n) is 13.0. The van der Waals surface area contributed by atoms with Crippen molar-refractivity contribution < 1.29 is 17.7 Å². The second-order valence-electron chi connectivity index (χ2n) is 6.29. The van der Waals surface area contributed by atoms with Crippen LogP contribution >= 0.6 is 0 Å². The van der Waals surface area contributed by atoms with Gasteiger partial charge in [-0.05, 0) is 43.4 Å². The van der Waals surface area contributed by atoms with Crippen LogP contribution in [0.25, 0.3) is 0 Å². The molecule has 0 amide bonds. The van der Waals surface area contributed by atoms with Gasteiger partial charge in [-0.2, -0.15) is 8.42 Å². The average molecular weight is 303 g/mol. The van der Waals surface area contributed by atoms with E-state index in [4.69, 9.17) is 4.18 Å². The summed E-state index contributed by atoms with van der Waals surface area (Å²) in [4.78, 5) is 0. The lowest BCUT2D eigenvalue weighted by molar-refractivity contribution is -0.302. The van der Waals surface area contributed by atoms with E-state index in [1.165, 1.54) is 0 Å². The molecule has 4 nitrogen and oxygen atoms in total. The van der Waals surface area contributed by atoms with E-state index in [1.54, 1.807) is 13.0 Å². The van der Waals surface area contributed by atoms with E-state index in [9.17, 15) is 13.5 Å². The van der Waals surface area contributed by atoms with Crippen molar-refractivity contribution in [1.82, 2.24) is 0 Å². The molecule has 0 radical (unpaired) electrons. The Morgan fingerprint density at radius 3 is 2.65 bits per heavy atom. The number of hydrogen-bond donors (Lipinski definition) is 0. The summed E-state index contributed by atoms with van der Waals surface area (Å²) in [6.45, 7) is 5.83. The zero-order valence-corrected chi connectivity index (χ0v) is 13.8. The Morgan fingerprint density at radius 2 is 2.10 bits per heavy atom. The Labute approximate surface area is 123 Å². The van der Waals surface area contributed by atoms with Crippen LogP contribution in [0.15, 0.2) is 11.8 Å². The molecule has 1 saturated carbocycles. The average Bonchev–Trinajstić information content (AvgIpc) is 2.25. The smallest absolute Gasteiger partial charge is 0.264 e. The quantitative estimate of drug-likeness (QED) is 0.558. The van der Waals surface area contributed by atoms with Crippen LogP contribution in [0.2, 0.25) is 0 Å². The highest BCUT2D eigenvalue weighted by atomic mass is 32.2. The van der Waals surface area contributed by atoms with Gasteiger partial charge in [0.2, 0.25) is 0 Å². The predicted molar refractivity (Wildman–Crippen MR) is 78.4 cm³/mol. The first kappa shape index (κ1) is 17.5. The minimum atomic E-state index is -3.41. The van der Waals surface area contributed by atoms with E-state index in [0.29, 0.717) is 11.8 Å². The normalized spacial score (nSPS) is 30.2. The fraction of sp³-hybridized carbons (Fsp3) is 0.867. The fourth-order valence-corrected chi connectivity index (χ4v) is 3.77. The van der Waals surface area contributed by atoms with E-state index >= 15 is 0 Å².